The standard InChI is InChI=1S/C12H17NO3/c1-4-9-12(5-2,16-9)7-13-10(14)6-8(3)11(13)15/h6,9H,4-5,7H2,1-3H3. The largest absolute Gasteiger partial charge is 0.364 e. The summed E-state index contributed by atoms with van der Waals surface area (Å²) < 4.78 is 5.63. The molecule has 0 saturated carbocycles. The van der Waals surface area contributed by atoms with Crippen molar-refractivity contribution in [3.8, 4) is 0 Å². The highest BCUT2D eigenvalue weighted by atomic mass is 16.6. The molecule has 2 aliphatic heterocycles. The molecular weight excluding hydrogens is 206 g/mol. The van der Waals surface area contributed by atoms with E-state index in [0.29, 0.717) is 12.1 Å². The lowest BCUT2D eigenvalue weighted by Gasteiger charge is -2.19. The molecule has 2 unspecified atom stereocenters. The van der Waals surface area contributed by atoms with Gasteiger partial charge in [0, 0.05) is 11.6 Å². The third-order valence-corrected chi connectivity index (χ3v) is 3.49. The van der Waals surface area contributed by atoms with E-state index in [1.807, 2.05) is 6.92 Å². The van der Waals surface area contributed by atoms with E-state index in [-0.39, 0.29) is 23.5 Å². The Bertz CT molecular complexity index is 374. The fourth-order valence-electron chi connectivity index (χ4n) is 2.32. The van der Waals surface area contributed by atoms with E-state index in [0.717, 1.165) is 12.8 Å². The molecule has 0 aliphatic carbocycles. The first kappa shape index (κ1) is 11.3. The van der Waals surface area contributed by atoms with Crippen LogP contribution in [0.4, 0.5) is 0 Å². The van der Waals surface area contributed by atoms with Crippen LogP contribution in [-0.4, -0.2) is 35.0 Å². The molecule has 1 saturated heterocycles. The quantitative estimate of drug-likeness (QED) is 0.532. The van der Waals surface area contributed by atoms with Crippen molar-refractivity contribution in [3.05, 3.63) is 11.6 Å². The van der Waals surface area contributed by atoms with Gasteiger partial charge in [-0.2, -0.15) is 0 Å². The molecule has 2 amide bonds. The Kier molecular flexibility index (Phi) is 2.62. The highest BCUT2D eigenvalue weighted by Crippen LogP contribution is 2.42. The van der Waals surface area contributed by atoms with Crippen LogP contribution in [0.5, 0.6) is 0 Å². The van der Waals surface area contributed by atoms with Gasteiger partial charge in [-0.3, -0.25) is 14.5 Å². The van der Waals surface area contributed by atoms with Gasteiger partial charge in [-0.1, -0.05) is 13.8 Å². The van der Waals surface area contributed by atoms with Gasteiger partial charge in [0.15, 0.2) is 0 Å². The minimum atomic E-state index is -0.279. The van der Waals surface area contributed by atoms with Crippen molar-refractivity contribution < 1.29 is 14.3 Å². The number of imide groups is 1. The van der Waals surface area contributed by atoms with Gasteiger partial charge in [0.05, 0.1) is 12.6 Å². The fraction of sp³-hybridized carbons (Fsp3) is 0.667. The van der Waals surface area contributed by atoms with Gasteiger partial charge < -0.3 is 4.74 Å². The van der Waals surface area contributed by atoms with Gasteiger partial charge in [-0.25, -0.2) is 0 Å². The molecule has 16 heavy (non-hydrogen) atoms. The molecule has 0 spiro atoms. The average Bonchev–Trinajstić information content (AvgIpc) is 2.93. The number of amides is 2. The van der Waals surface area contributed by atoms with Gasteiger partial charge in [-0.15, -0.1) is 0 Å². The van der Waals surface area contributed by atoms with E-state index < -0.39 is 0 Å². The smallest absolute Gasteiger partial charge is 0.256 e. The second-order valence-electron chi connectivity index (χ2n) is 4.49. The third kappa shape index (κ3) is 1.57. The molecule has 4 nitrogen and oxygen atoms in total. The Hall–Kier alpha value is -1.16. The van der Waals surface area contributed by atoms with E-state index >= 15 is 0 Å². The molecular formula is C12H17NO3. The Labute approximate surface area is 95.2 Å². The molecule has 2 rings (SSSR count). The Morgan fingerprint density at radius 1 is 1.44 bits per heavy atom. The van der Waals surface area contributed by atoms with Crippen LogP contribution in [0.25, 0.3) is 0 Å². The van der Waals surface area contributed by atoms with Crippen molar-refractivity contribution in [1.82, 2.24) is 4.90 Å². The second kappa shape index (κ2) is 3.70. The van der Waals surface area contributed by atoms with Crippen LogP contribution in [0, 0.1) is 0 Å². The lowest BCUT2D eigenvalue weighted by atomic mass is 10.00. The Balaban J connectivity index is 2.07. The third-order valence-electron chi connectivity index (χ3n) is 3.49. The highest BCUT2D eigenvalue weighted by molar-refractivity contribution is 6.15. The molecule has 0 aromatic rings. The molecule has 0 N–H and O–H groups in total. The summed E-state index contributed by atoms with van der Waals surface area (Å²) in [7, 11) is 0. The zero-order valence-corrected chi connectivity index (χ0v) is 9.95. The minimum absolute atomic E-state index is 0.178. The van der Waals surface area contributed by atoms with Crippen LogP contribution in [0.3, 0.4) is 0 Å². The number of ether oxygens (including phenoxy) is 1. The summed E-state index contributed by atoms with van der Waals surface area (Å²) in [5.41, 5.74) is 0.239. The normalized spacial score (nSPS) is 33.3. The van der Waals surface area contributed by atoms with Gasteiger partial charge in [-0.05, 0) is 19.8 Å². The topological polar surface area (TPSA) is 49.9 Å². The number of carbonyl (C=O) groups is 2. The number of carbonyl (C=O) groups excluding carboxylic acids is 2. The summed E-state index contributed by atoms with van der Waals surface area (Å²) in [5.74, 6) is -0.385. The summed E-state index contributed by atoms with van der Waals surface area (Å²) in [6.45, 7) is 6.15. The van der Waals surface area contributed by atoms with Gasteiger partial charge in [0.25, 0.3) is 11.8 Å². The van der Waals surface area contributed by atoms with Crippen LogP contribution < -0.4 is 0 Å². The van der Waals surface area contributed by atoms with Crippen molar-refractivity contribution >= 4 is 11.8 Å². The predicted octanol–water partition coefficient (Wildman–Crippen LogP) is 1.26. The maximum atomic E-state index is 11.7. The molecule has 2 heterocycles. The number of hydrogen-bond donors (Lipinski definition) is 0. The molecule has 0 aromatic heterocycles. The zero-order valence-electron chi connectivity index (χ0n) is 9.95. The maximum absolute atomic E-state index is 11.7. The summed E-state index contributed by atoms with van der Waals surface area (Å²) >= 11 is 0. The first-order valence-corrected chi connectivity index (χ1v) is 5.76. The minimum Gasteiger partial charge on any atom is -0.364 e. The highest BCUT2D eigenvalue weighted by Gasteiger charge is 2.56. The van der Waals surface area contributed by atoms with Crippen molar-refractivity contribution in [2.75, 3.05) is 6.54 Å². The molecule has 0 radical (unpaired) electrons. The zero-order chi connectivity index (χ0) is 11.9. The number of rotatable bonds is 4. The van der Waals surface area contributed by atoms with Crippen LogP contribution in [0.1, 0.15) is 33.6 Å². The van der Waals surface area contributed by atoms with Crippen molar-refractivity contribution in [1.29, 1.82) is 0 Å². The number of nitrogens with zero attached hydrogens (tertiary/aromatic N) is 1. The monoisotopic (exact) mass is 223 g/mol. The van der Waals surface area contributed by atoms with Crippen molar-refractivity contribution in [2.24, 2.45) is 0 Å². The molecule has 0 bridgehead atoms. The summed E-state index contributed by atoms with van der Waals surface area (Å²) in [6, 6.07) is 0. The summed E-state index contributed by atoms with van der Waals surface area (Å²) in [4.78, 5) is 24.6. The first-order chi connectivity index (χ1) is 7.54. The van der Waals surface area contributed by atoms with Crippen molar-refractivity contribution in [2.45, 2.75) is 45.3 Å². The molecule has 0 aromatic carbocycles. The van der Waals surface area contributed by atoms with Crippen LogP contribution in [0.15, 0.2) is 11.6 Å². The van der Waals surface area contributed by atoms with E-state index in [9.17, 15) is 9.59 Å². The summed E-state index contributed by atoms with van der Waals surface area (Å²) in [5, 5.41) is 0. The Morgan fingerprint density at radius 2 is 2.12 bits per heavy atom. The average molecular weight is 223 g/mol. The van der Waals surface area contributed by atoms with Gasteiger partial charge in [0.2, 0.25) is 0 Å². The molecule has 2 atom stereocenters. The first-order valence-electron chi connectivity index (χ1n) is 5.76. The van der Waals surface area contributed by atoms with Crippen molar-refractivity contribution in [3.63, 3.8) is 0 Å². The molecule has 1 fully saturated rings. The van der Waals surface area contributed by atoms with E-state index in [4.69, 9.17) is 4.74 Å². The SMILES string of the molecule is CCC1OC1(CC)CN1C(=O)C=C(C)C1=O. The number of hydrogen-bond acceptors (Lipinski definition) is 3. The Morgan fingerprint density at radius 3 is 2.50 bits per heavy atom. The van der Waals surface area contributed by atoms with Crippen LogP contribution in [-0.2, 0) is 14.3 Å². The predicted molar refractivity (Wildman–Crippen MR) is 58.7 cm³/mol. The van der Waals surface area contributed by atoms with E-state index in [1.54, 1.807) is 6.92 Å². The maximum Gasteiger partial charge on any atom is 0.256 e. The number of epoxide rings is 1. The molecule has 2 aliphatic rings. The van der Waals surface area contributed by atoms with E-state index in [2.05, 4.69) is 6.92 Å². The lowest BCUT2D eigenvalue weighted by Crippen LogP contribution is -2.40. The second-order valence-corrected chi connectivity index (χ2v) is 4.49. The van der Waals surface area contributed by atoms with E-state index in [1.165, 1.54) is 11.0 Å². The molecule has 4 heteroatoms. The van der Waals surface area contributed by atoms with Gasteiger partial charge >= 0.3 is 0 Å². The fourth-order valence-corrected chi connectivity index (χ4v) is 2.32. The summed E-state index contributed by atoms with van der Waals surface area (Å²) in [6.07, 6.45) is 3.35. The van der Waals surface area contributed by atoms with Gasteiger partial charge in [0.1, 0.15) is 5.60 Å². The lowest BCUT2D eigenvalue weighted by molar-refractivity contribution is -0.138. The van der Waals surface area contributed by atoms with Crippen LogP contribution >= 0.6 is 0 Å². The van der Waals surface area contributed by atoms with Crippen LogP contribution in [0.2, 0.25) is 0 Å². The molecule has 88 valence electrons.